The summed E-state index contributed by atoms with van der Waals surface area (Å²) in [5, 5.41) is 6.48. The summed E-state index contributed by atoms with van der Waals surface area (Å²) in [4.78, 5) is 3.11. The van der Waals surface area contributed by atoms with Crippen molar-refractivity contribution in [2.24, 2.45) is 0 Å². The predicted octanol–water partition coefficient (Wildman–Crippen LogP) is 2.43. The maximum absolute atomic E-state index is 12.1. The van der Waals surface area contributed by atoms with E-state index < -0.39 is 36.8 Å². The van der Waals surface area contributed by atoms with Crippen LogP contribution in [0.15, 0.2) is 11.2 Å². The van der Waals surface area contributed by atoms with Gasteiger partial charge in [-0.15, -0.1) is 13.2 Å². The molecule has 1 heterocycles. The van der Waals surface area contributed by atoms with E-state index >= 15 is 0 Å². The first-order chi connectivity index (χ1) is 8.06. The molecule has 0 unspecified atom stereocenters. The van der Waals surface area contributed by atoms with Crippen LogP contribution in [0.25, 0.3) is 0 Å². The maximum atomic E-state index is 12.1. The average Bonchev–Trinajstić information content (AvgIpc) is 2.17. The molecular formula is C7HCl2F3N2O3S. The van der Waals surface area contributed by atoms with E-state index in [-0.39, 0.29) is 0 Å². The van der Waals surface area contributed by atoms with E-state index in [2.05, 4.69) is 9.72 Å². The van der Waals surface area contributed by atoms with Gasteiger partial charge in [0.1, 0.15) is 11.1 Å². The lowest BCUT2D eigenvalue weighted by Crippen LogP contribution is -2.19. The third-order valence-electron chi connectivity index (χ3n) is 1.51. The second kappa shape index (κ2) is 4.79. The van der Waals surface area contributed by atoms with Gasteiger partial charge in [-0.05, 0) is 0 Å². The molecule has 1 rings (SSSR count). The lowest BCUT2D eigenvalue weighted by Gasteiger charge is -2.12. The van der Waals surface area contributed by atoms with E-state index in [0.29, 0.717) is 6.20 Å². The first-order valence-corrected chi connectivity index (χ1v) is 6.54. The Morgan fingerprint density at radius 1 is 1.44 bits per heavy atom. The van der Waals surface area contributed by atoms with Gasteiger partial charge < -0.3 is 4.74 Å². The van der Waals surface area contributed by atoms with E-state index in [9.17, 15) is 21.6 Å². The molecule has 0 amide bonds. The molecule has 98 valence electrons. The van der Waals surface area contributed by atoms with E-state index in [1.54, 1.807) is 0 Å². The smallest absolute Gasteiger partial charge is 0.401 e. The summed E-state index contributed by atoms with van der Waals surface area (Å²) in [5.41, 5.74) is -0.486. The van der Waals surface area contributed by atoms with Crippen molar-refractivity contribution < 1.29 is 26.3 Å². The van der Waals surface area contributed by atoms with Gasteiger partial charge >= 0.3 is 6.36 Å². The minimum atomic E-state index is -5.21. The highest BCUT2D eigenvalue weighted by atomic mass is 35.7. The summed E-state index contributed by atoms with van der Waals surface area (Å²) in [6.45, 7) is 0. The van der Waals surface area contributed by atoms with Crippen LogP contribution in [-0.2, 0) is 9.05 Å². The number of nitriles is 1. The van der Waals surface area contributed by atoms with Crippen LogP contribution in [0.5, 0.6) is 5.75 Å². The highest BCUT2D eigenvalue weighted by Gasteiger charge is 2.36. The van der Waals surface area contributed by atoms with Crippen molar-refractivity contribution in [2.45, 2.75) is 11.4 Å². The Labute approximate surface area is 108 Å². The fraction of sp³-hybridized carbons (Fsp3) is 0.143. The molecule has 0 radical (unpaired) electrons. The molecule has 0 atom stereocenters. The van der Waals surface area contributed by atoms with Crippen LogP contribution < -0.4 is 4.74 Å². The minimum Gasteiger partial charge on any atom is -0.401 e. The van der Waals surface area contributed by atoms with Crippen molar-refractivity contribution >= 4 is 31.3 Å². The number of alkyl halides is 3. The zero-order valence-corrected chi connectivity index (χ0v) is 10.3. The van der Waals surface area contributed by atoms with Gasteiger partial charge in [0.2, 0.25) is 5.03 Å². The normalized spacial score (nSPS) is 12.0. The molecule has 0 saturated carbocycles. The quantitative estimate of drug-likeness (QED) is 0.782. The van der Waals surface area contributed by atoms with Crippen LogP contribution in [0.4, 0.5) is 13.2 Å². The van der Waals surface area contributed by atoms with Crippen LogP contribution in [0.2, 0.25) is 5.02 Å². The van der Waals surface area contributed by atoms with Crippen LogP contribution in [0.3, 0.4) is 0 Å². The molecule has 0 aromatic carbocycles. The molecule has 1 aromatic heterocycles. The van der Waals surface area contributed by atoms with Crippen molar-refractivity contribution in [1.82, 2.24) is 4.98 Å². The molecule has 0 fully saturated rings. The van der Waals surface area contributed by atoms with Gasteiger partial charge in [0, 0.05) is 16.9 Å². The van der Waals surface area contributed by atoms with Crippen molar-refractivity contribution in [1.29, 1.82) is 5.26 Å². The minimum absolute atomic E-state index is 0.486. The third-order valence-corrected chi connectivity index (χ3v) is 3.08. The molecule has 0 N–H and O–H groups in total. The summed E-state index contributed by atoms with van der Waals surface area (Å²) >= 11 is 5.42. The number of halogens is 5. The van der Waals surface area contributed by atoms with Gasteiger partial charge in [-0.2, -0.15) is 5.26 Å². The molecule has 5 nitrogen and oxygen atoms in total. The largest absolute Gasteiger partial charge is 0.573 e. The highest BCUT2D eigenvalue weighted by molar-refractivity contribution is 8.13. The van der Waals surface area contributed by atoms with E-state index in [1.807, 2.05) is 0 Å². The molecular weight excluding hydrogens is 320 g/mol. The number of nitrogens with zero attached hydrogens (tertiary/aromatic N) is 2. The number of pyridine rings is 1. The van der Waals surface area contributed by atoms with E-state index in [0.717, 1.165) is 0 Å². The average molecular weight is 321 g/mol. The third kappa shape index (κ3) is 3.38. The number of aromatic nitrogens is 1. The number of rotatable bonds is 2. The SMILES string of the molecule is N#Cc1cnc(S(=O)(=O)Cl)c(OC(F)(F)F)c1Cl. The fourth-order valence-electron chi connectivity index (χ4n) is 0.910. The first-order valence-electron chi connectivity index (χ1n) is 3.85. The Balaban J connectivity index is 3.57. The van der Waals surface area contributed by atoms with E-state index in [4.69, 9.17) is 27.5 Å². The number of hydrogen-bond acceptors (Lipinski definition) is 5. The Kier molecular flexibility index (Phi) is 3.95. The zero-order chi connectivity index (χ0) is 14.1. The van der Waals surface area contributed by atoms with Gasteiger partial charge in [-0.1, -0.05) is 11.6 Å². The monoisotopic (exact) mass is 320 g/mol. The first kappa shape index (κ1) is 14.8. The molecule has 0 aliphatic carbocycles. The Morgan fingerprint density at radius 3 is 2.39 bits per heavy atom. The van der Waals surface area contributed by atoms with Crippen molar-refractivity contribution in [2.75, 3.05) is 0 Å². The molecule has 18 heavy (non-hydrogen) atoms. The summed E-state index contributed by atoms with van der Waals surface area (Å²) in [6.07, 6.45) is -4.55. The van der Waals surface area contributed by atoms with Crippen LogP contribution in [-0.4, -0.2) is 19.8 Å². The van der Waals surface area contributed by atoms with E-state index in [1.165, 1.54) is 6.07 Å². The number of hydrogen-bond donors (Lipinski definition) is 0. The standard InChI is InChI=1S/C7HCl2F3N2O3S/c8-4-3(1-13)2-14-6(18(9,15)16)5(4)17-7(10,11)12/h2H. The van der Waals surface area contributed by atoms with Crippen molar-refractivity contribution in [3.63, 3.8) is 0 Å². The van der Waals surface area contributed by atoms with Crippen LogP contribution in [0, 0.1) is 11.3 Å². The summed E-state index contributed by atoms with van der Waals surface area (Å²) < 4.78 is 61.7. The van der Waals surface area contributed by atoms with Gasteiger partial charge in [0.05, 0.1) is 5.56 Å². The van der Waals surface area contributed by atoms with Gasteiger partial charge in [-0.25, -0.2) is 13.4 Å². The molecule has 0 saturated heterocycles. The van der Waals surface area contributed by atoms with Gasteiger partial charge in [0.15, 0.2) is 5.75 Å². The maximum Gasteiger partial charge on any atom is 0.573 e. The second-order valence-electron chi connectivity index (χ2n) is 2.72. The van der Waals surface area contributed by atoms with Crippen LogP contribution in [0.1, 0.15) is 5.56 Å². The van der Waals surface area contributed by atoms with Gasteiger partial charge in [0.25, 0.3) is 9.05 Å². The summed E-state index contributed by atoms with van der Waals surface area (Å²) in [5.74, 6) is -1.33. The van der Waals surface area contributed by atoms with Crippen molar-refractivity contribution in [3.05, 3.63) is 16.8 Å². The molecule has 1 aromatic rings. The molecule has 0 spiro atoms. The molecule has 0 aliphatic rings. The lowest BCUT2D eigenvalue weighted by atomic mass is 10.3. The van der Waals surface area contributed by atoms with Crippen LogP contribution >= 0.6 is 22.3 Å². The predicted molar refractivity (Wildman–Crippen MR) is 53.7 cm³/mol. The summed E-state index contributed by atoms with van der Waals surface area (Å²) in [7, 11) is 0.270. The lowest BCUT2D eigenvalue weighted by molar-refractivity contribution is -0.275. The Bertz CT molecular complexity index is 624. The van der Waals surface area contributed by atoms with Crippen molar-refractivity contribution in [3.8, 4) is 11.8 Å². The highest BCUT2D eigenvalue weighted by Crippen LogP contribution is 2.37. The van der Waals surface area contributed by atoms with Gasteiger partial charge in [-0.3, -0.25) is 0 Å². The Morgan fingerprint density at radius 2 is 2.00 bits per heavy atom. The number of ether oxygens (including phenoxy) is 1. The topological polar surface area (TPSA) is 80.0 Å². The summed E-state index contributed by atoms with van der Waals surface area (Å²) in [6, 6.07) is 1.42. The molecule has 0 aliphatic heterocycles. The molecule has 11 heteroatoms. The fourth-order valence-corrected chi connectivity index (χ4v) is 2.06. The second-order valence-corrected chi connectivity index (χ2v) is 5.58. The zero-order valence-electron chi connectivity index (χ0n) is 7.99. The molecule has 0 bridgehead atoms. The Hall–Kier alpha value is -1.24.